The maximum Gasteiger partial charge on any atom is 1.00 e. The van der Waals surface area contributed by atoms with E-state index in [0.29, 0.717) is 19.5 Å². The van der Waals surface area contributed by atoms with Gasteiger partial charge in [-0.1, -0.05) is 30.3 Å². The van der Waals surface area contributed by atoms with Gasteiger partial charge in [-0.25, -0.2) is 0 Å². The van der Waals surface area contributed by atoms with Crippen LogP contribution in [0.4, 0.5) is 0 Å². The Kier molecular flexibility index (Phi) is 7.80. The fourth-order valence-corrected chi connectivity index (χ4v) is 2.81. The molecule has 0 bridgehead atoms. The van der Waals surface area contributed by atoms with Gasteiger partial charge in [0.05, 0.1) is 6.42 Å². The molecule has 1 aliphatic heterocycles. The molecule has 0 spiro atoms. The third-order valence-electron chi connectivity index (χ3n) is 3.94. The van der Waals surface area contributed by atoms with E-state index in [0.717, 1.165) is 12.1 Å². The summed E-state index contributed by atoms with van der Waals surface area (Å²) in [6, 6.07) is 9.80. The quantitative estimate of drug-likeness (QED) is 0.579. The molecule has 1 unspecified atom stereocenters. The monoisotopic (exact) mass is 314 g/mol. The van der Waals surface area contributed by atoms with Gasteiger partial charge in [-0.05, 0) is 19.0 Å². The van der Waals surface area contributed by atoms with Crippen LogP contribution >= 0.6 is 0 Å². The van der Waals surface area contributed by atoms with Gasteiger partial charge in [0, 0.05) is 25.7 Å². The number of carboxylic acids is 1. The van der Waals surface area contributed by atoms with Crippen LogP contribution in [0.1, 0.15) is 13.4 Å². The van der Waals surface area contributed by atoms with Gasteiger partial charge in [0.2, 0.25) is 0 Å². The minimum atomic E-state index is -1.47. The normalized spacial score (nSPS) is 19.7. The van der Waals surface area contributed by atoms with Gasteiger partial charge in [-0.2, -0.15) is 0 Å². The van der Waals surface area contributed by atoms with Crippen LogP contribution in [0.25, 0.3) is 0 Å². The van der Waals surface area contributed by atoms with Crippen LogP contribution in [0.2, 0.25) is 0 Å². The number of piperazine rings is 1. The van der Waals surface area contributed by atoms with Crippen molar-refractivity contribution in [2.75, 3.05) is 26.7 Å². The molecular weight excluding hydrogens is 291 g/mol. The van der Waals surface area contributed by atoms with Crippen molar-refractivity contribution in [2.45, 2.75) is 25.0 Å². The van der Waals surface area contributed by atoms with E-state index in [1.54, 1.807) is 4.90 Å². The van der Waals surface area contributed by atoms with Gasteiger partial charge in [0.15, 0.2) is 0 Å². The van der Waals surface area contributed by atoms with Crippen LogP contribution in [0.15, 0.2) is 30.3 Å². The third kappa shape index (κ3) is 5.67. The number of rotatable bonds is 5. The topological polar surface area (TPSA) is 81.1 Å². The Bertz CT molecular complexity index is 532. The van der Waals surface area contributed by atoms with Crippen molar-refractivity contribution in [1.29, 1.82) is 0 Å². The average molecular weight is 314 g/mol. The Morgan fingerprint density at radius 3 is 2.57 bits per heavy atom. The first-order chi connectivity index (χ1) is 10.5. The van der Waals surface area contributed by atoms with E-state index in [9.17, 15) is 14.7 Å². The predicted octanol–water partition coefficient (Wildman–Crippen LogP) is -2.68. The summed E-state index contributed by atoms with van der Waals surface area (Å²) in [5.41, 5.74) is 1.12. The number of benzene rings is 1. The zero-order valence-corrected chi connectivity index (χ0v) is 13.7. The first-order valence-corrected chi connectivity index (χ1v) is 7.40. The summed E-state index contributed by atoms with van der Waals surface area (Å²) in [5, 5.41) is 18.5. The molecule has 1 saturated heterocycles. The van der Waals surface area contributed by atoms with Crippen LogP contribution in [0.5, 0.6) is 0 Å². The predicted molar refractivity (Wildman–Crippen MR) is 82.5 cm³/mol. The molecule has 1 amide bonds. The van der Waals surface area contributed by atoms with Gasteiger partial charge in [-0.15, -0.1) is 0 Å². The van der Waals surface area contributed by atoms with Crippen molar-refractivity contribution < 1.29 is 40.1 Å². The summed E-state index contributed by atoms with van der Waals surface area (Å²) in [4.78, 5) is 26.8. The van der Waals surface area contributed by atoms with E-state index in [-0.39, 0.29) is 26.3 Å². The third-order valence-corrected chi connectivity index (χ3v) is 3.94. The fraction of sp³-hybridized carbons (Fsp3) is 0.500. The van der Waals surface area contributed by atoms with Gasteiger partial charge in [-0.3, -0.25) is 9.59 Å². The minimum Gasteiger partial charge on any atom is -1.00 e. The van der Waals surface area contributed by atoms with Crippen LogP contribution in [-0.4, -0.2) is 70.7 Å². The SMILES string of the molecule is CN1CCN(C(=O)[C@H](O)CC(=O)O)C(Cc2ccccc2)C1.[H-].[Li+]. The maximum atomic E-state index is 12.3. The molecule has 2 rings (SSSR count). The number of likely N-dealkylation sites (N-methyl/N-ethyl adjacent to an activating group) is 1. The van der Waals surface area contributed by atoms with Crippen LogP contribution < -0.4 is 18.9 Å². The molecule has 1 fully saturated rings. The smallest absolute Gasteiger partial charge is 1.00 e. The number of hydrogen-bond donors (Lipinski definition) is 2. The number of aliphatic carboxylic acids is 1. The molecule has 1 aliphatic rings. The van der Waals surface area contributed by atoms with E-state index in [2.05, 4.69) is 4.90 Å². The number of aliphatic hydroxyl groups excluding tert-OH is 1. The summed E-state index contributed by atoms with van der Waals surface area (Å²) in [5.74, 6) is -1.66. The zero-order valence-electron chi connectivity index (χ0n) is 14.7. The second-order valence-electron chi connectivity index (χ2n) is 5.75. The van der Waals surface area contributed by atoms with E-state index < -0.39 is 24.4 Å². The van der Waals surface area contributed by atoms with Crippen molar-refractivity contribution in [3.05, 3.63) is 35.9 Å². The Hall–Kier alpha value is -1.32. The fourth-order valence-electron chi connectivity index (χ4n) is 2.81. The molecule has 1 heterocycles. The number of carboxylic acid groups (broad SMARTS) is 1. The molecule has 0 saturated carbocycles. The van der Waals surface area contributed by atoms with Crippen LogP contribution in [0, 0.1) is 0 Å². The van der Waals surface area contributed by atoms with E-state index >= 15 is 0 Å². The van der Waals surface area contributed by atoms with Crippen molar-refractivity contribution >= 4 is 11.9 Å². The zero-order chi connectivity index (χ0) is 16.1. The van der Waals surface area contributed by atoms with Crippen LogP contribution in [-0.2, 0) is 16.0 Å². The van der Waals surface area contributed by atoms with Crippen molar-refractivity contribution in [3.8, 4) is 0 Å². The first kappa shape index (κ1) is 19.7. The summed E-state index contributed by atoms with van der Waals surface area (Å²) < 4.78 is 0. The number of carbonyl (C=O) groups excluding carboxylic acids is 1. The molecule has 23 heavy (non-hydrogen) atoms. The van der Waals surface area contributed by atoms with Crippen molar-refractivity contribution in [1.82, 2.24) is 9.80 Å². The molecule has 1 aromatic rings. The number of aliphatic hydroxyl groups is 1. The molecule has 2 N–H and O–H groups in total. The minimum absolute atomic E-state index is 0. The summed E-state index contributed by atoms with van der Waals surface area (Å²) in [7, 11) is 1.99. The van der Waals surface area contributed by atoms with Crippen molar-refractivity contribution in [3.63, 3.8) is 0 Å². The Morgan fingerprint density at radius 2 is 1.96 bits per heavy atom. The molecule has 2 atom stereocenters. The molecule has 6 nitrogen and oxygen atoms in total. The standard InChI is InChI=1S/C16H22N2O4.Li.H/c1-17-7-8-18(16(22)14(19)10-15(20)21)13(11-17)9-12-5-3-2-4-6-12;;/h2-6,13-14,19H,7-11H2,1H3,(H,20,21);;/q;+1;-1/t13?,14-;;/m1../s1. The molecule has 1 aromatic carbocycles. The van der Waals surface area contributed by atoms with E-state index in [1.165, 1.54) is 0 Å². The van der Waals surface area contributed by atoms with Crippen LogP contribution in [0.3, 0.4) is 0 Å². The molecular formula is C16H23LiN2O4. The molecule has 0 aromatic heterocycles. The number of carbonyl (C=O) groups is 2. The first-order valence-electron chi connectivity index (χ1n) is 7.40. The van der Waals surface area contributed by atoms with Crippen molar-refractivity contribution in [2.24, 2.45) is 0 Å². The number of nitrogens with zero attached hydrogens (tertiary/aromatic N) is 2. The number of hydrogen-bond acceptors (Lipinski definition) is 4. The average Bonchev–Trinajstić information content (AvgIpc) is 2.47. The summed E-state index contributed by atoms with van der Waals surface area (Å²) in [6.07, 6.45) is -1.33. The summed E-state index contributed by atoms with van der Waals surface area (Å²) in [6.45, 7) is 1.93. The number of amides is 1. The Balaban J connectivity index is 0.00000264. The van der Waals surface area contributed by atoms with E-state index in [4.69, 9.17) is 5.11 Å². The maximum absolute atomic E-state index is 12.3. The molecule has 122 valence electrons. The summed E-state index contributed by atoms with van der Waals surface area (Å²) >= 11 is 0. The largest absolute Gasteiger partial charge is 1.00 e. The van der Waals surface area contributed by atoms with E-state index in [1.807, 2.05) is 37.4 Å². The van der Waals surface area contributed by atoms with Gasteiger partial charge < -0.3 is 21.4 Å². The molecule has 7 heteroatoms. The van der Waals surface area contributed by atoms with Gasteiger partial charge >= 0.3 is 24.8 Å². The molecule has 0 aliphatic carbocycles. The second kappa shape index (κ2) is 9.09. The second-order valence-corrected chi connectivity index (χ2v) is 5.75. The van der Waals surface area contributed by atoms with Gasteiger partial charge in [0.25, 0.3) is 5.91 Å². The molecule has 0 radical (unpaired) electrons. The Morgan fingerprint density at radius 1 is 1.30 bits per heavy atom. The van der Waals surface area contributed by atoms with Gasteiger partial charge in [0.1, 0.15) is 6.10 Å². The Labute approximate surface area is 149 Å².